The van der Waals surface area contributed by atoms with Crippen LogP contribution in [0.4, 0.5) is 5.69 Å². The monoisotopic (exact) mass is 365 g/mol. The summed E-state index contributed by atoms with van der Waals surface area (Å²) in [4.78, 5) is 32.8. The quantitative estimate of drug-likeness (QED) is 0.890. The molecule has 0 radical (unpaired) electrons. The lowest BCUT2D eigenvalue weighted by atomic mass is 9.94. The molecule has 1 saturated heterocycles. The van der Waals surface area contributed by atoms with E-state index in [2.05, 4.69) is 41.9 Å². The fraction of sp³-hybridized carbons (Fsp3) is 0.455. The highest BCUT2D eigenvalue weighted by Gasteiger charge is 2.30. The summed E-state index contributed by atoms with van der Waals surface area (Å²) in [6.45, 7) is 6.37. The van der Waals surface area contributed by atoms with Crippen molar-refractivity contribution in [2.45, 2.75) is 45.6 Å². The average molecular weight is 365 g/mol. The number of hydrogen-bond acceptors (Lipinski definition) is 3. The SMILES string of the molecule is Cc1ccccc1N1CCN(C(=O)c2cc3c([nH]c2=O)CCCC3)[C@H](C)C1. The summed E-state index contributed by atoms with van der Waals surface area (Å²) in [5.74, 6) is -0.137. The lowest BCUT2D eigenvalue weighted by molar-refractivity contribution is 0.0672. The molecule has 5 nitrogen and oxygen atoms in total. The predicted molar refractivity (Wildman–Crippen MR) is 108 cm³/mol. The highest BCUT2D eigenvalue weighted by Crippen LogP contribution is 2.24. The van der Waals surface area contributed by atoms with Gasteiger partial charge in [0.25, 0.3) is 11.5 Å². The number of piperazine rings is 1. The van der Waals surface area contributed by atoms with E-state index in [4.69, 9.17) is 0 Å². The van der Waals surface area contributed by atoms with Crippen LogP contribution in [0.1, 0.15) is 46.9 Å². The number of rotatable bonds is 2. The van der Waals surface area contributed by atoms with E-state index < -0.39 is 0 Å². The van der Waals surface area contributed by atoms with Crippen LogP contribution < -0.4 is 10.5 Å². The summed E-state index contributed by atoms with van der Waals surface area (Å²) in [5, 5.41) is 0. The summed E-state index contributed by atoms with van der Waals surface area (Å²) < 4.78 is 0. The van der Waals surface area contributed by atoms with E-state index in [-0.39, 0.29) is 17.5 Å². The molecule has 0 saturated carbocycles. The zero-order chi connectivity index (χ0) is 19.0. The molecule has 1 aliphatic carbocycles. The van der Waals surface area contributed by atoms with E-state index in [1.54, 1.807) is 0 Å². The van der Waals surface area contributed by atoms with Crippen molar-refractivity contribution in [3.63, 3.8) is 0 Å². The van der Waals surface area contributed by atoms with Gasteiger partial charge in [0, 0.05) is 37.1 Å². The highest BCUT2D eigenvalue weighted by molar-refractivity contribution is 5.94. The van der Waals surface area contributed by atoms with Crippen LogP contribution >= 0.6 is 0 Å². The molecule has 4 rings (SSSR count). The molecule has 2 aromatic rings. The highest BCUT2D eigenvalue weighted by atomic mass is 16.2. The van der Waals surface area contributed by atoms with Gasteiger partial charge in [0.1, 0.15) is 5.56 Å². The summed E-state index contributed by atoms with van der Waals surface area (Å²) in [7, 11) is 0. The average Bonchev–Trinajstić information content (AvgIpc) is 2.67. The molecule has 1 fully saturated rings. The van der Waals surface area contributed by atoms with E-state index in [1.807, 2.05) is 17.0 Å². The van der Waals surface area contributed by atoms with Crippen molar-refractivity contribution >= 4 is 11.6 Å². The molecule has 0 bridgehead atoms. The van der Waals surface area contributed by atoms with E-state index in [1.165, 1.54) is 11.3 Å². The number of H-pyrrole nitrogens is 1. The lowest BCUT2D eigenvalue weighted by Gasteiger charge is -2.41. The smallest absolute Gasteiger partial charge is 0.261 e. The van der Waals surface area contributed by atoms with Crippen LogP contribution in [0.5, 0.6) is 0 Å². The second kappa shape index (κ2) is 7.22. The number of pyridine rings is 1. The third-order valence-electron chi connectivity index (χ3n) is 5.91. The van der Waals surface area contributed by atoms with Crippen LogP contribution in [0.25, 0.3) is 0 Å². The van der Waals surface area contributed by atoms with Crippen molar-refractivity contribution in [3.05, 3.63) is 63.1 Å². The van der Waals surface area contributed by atoms with Gasteiger partial charge in [0.05, 0.1) is 0 Å². The molecule has 1 aromatic carbocycles. The van der Waals surface area contributed by atoms with Gasteiger partial charge < -0.3 is 14.8 Å². The standard InChI is InChI=1S/C22H27N3O2/c1-15-7-3-6-10-20(15)24-11-12-25(16(2)14-24)22(27)18-13-17-8-4-5-9-19(17)23-21(18)26/h3,6-7,10,13,16H,4-5,8-9,11-12,14H2,1-2H3,(H,23,26)/t16-/m1/s1. The number of hydrogen-bond donors (Lipinski definition) is 1. The van der Waals surface area contributed by atoms with Crippen LogP contribution in [0, 0.1) is 6.92 Å². The maximum Gasteiger partial charge on any atom is 0.261 e. The molecule has 1 aliphatic heterocycles. The molecule has 0 unspecified atom stereocenters. The summed E-state index contributed by atoms with van der Waals surface area (Å²) >= 11 is 0. The topological polar surface area (TPSA) is 56.4 Å². The molecule has 27 heavy (non-hydrogen) atoms. The van der Waals surface area contributed by atoms with Gasteiger partial charge in [0.15, 0.2) is 0 Å². The van der Waals surface area contributed by atoms with Gasteiger partial charge in [-0.25, -0.2) is 0 Å². The maximum absolute atomic E-state index is 13.1. The Bertz CT molecular complexity index is 918. The fourth-order valence-corrected chi connectivity index (χ4v) is 4.38. The van der Waals surface area contributed by atoms with Gasteiger partial charge in [-0.1, -0.05) is 18.2 Å². The molecular weight excluding hydrogens is 338 g/mol. The molecule has 1 amide bonds. The minimum atomic E-state index is -0.241. The number of aromatic amines is 1. The van der Waals surface area contributed by atoms with Gasteiger partial charge in [-0.2, -0.15) is 0 Å². The number of nitrogens with zero attached hydrogens (tertiary/aromatic N) is 2. The number of aromatic nitrogens is 1. The van der Waals surface area contributed by atoms with Crippen molar-refractivity contribution in [2.24, 2.45) is 0 Å². The molecule has 0 spiro atoms. The van der Waals surface area contributed by atoms with E-state index in [0.29, 0.717) is 12.1 Å². The van der Waals surface area contributed by atoms with Crippen molar-refractivity contribution in [3.8, 4) is 0 Å². The van der Waals surface area contributed by atoms with Crippen molar-refractivity contribution in [2.75, 3.05) is 24.5 Å². The Morgan fingerprint density at radius 1 is 1.15 bits per heavy atom. The lowest BCUT2D eigenvalue weighted by Crippen LogP contribution is -2.55. The van der Waals surface area contributed by atoms with E-state index in [9.17, 15) is 9.59 Å². The van der Waals surface area contributed by atoms with Gasteiger partial charge >= 0.3 is 0 Å². The Hall–Kier alpha value is -2.56. The first-order valence-corrected chi connectivity index (χ1v) is 9.91. The second-order valence-corrected chi connectivity index (χ2v) is 7.80. The summed E-state index contributed by atoms with van der Waals surface area (Å²) in [6, 6.07) is 10.2. The molecule has 2 aliphatic rings. The first kappa shape index (κ1) is 17.8. The number of para-hydroxylation sites is 1. The molecule has 142 valence electrons. The van der Waals surface area contributed by atoms with Crippen LogP contribution in [-0.2, 0) is 12.8 Å². The summed E-state index contributed by atoms with van der Waals surface area (Å²) in [5.41, 5.74) is 4.68. The van der Waals surface area contributed by atoms with Crippen molar-refractivity contribution < 1.29 is 4.79 Å². The first-order valence-electron chi connectivity index (χ1n) is 9.91. The Labute approximate surface area is 160 Å². The number of anilines is 1. The molecule has 1 N–H and O–H groups in total. The fourth-order valence-electron chi connectivity index (χ4n) is 4.38. The number of aryl methyl sites for hydroxylation is 3. The summed E-state index contributed by atoms with van der Waals surface area (Å²) in [6.07, 6.45) is 4.08. The van der Waals surface area contributed by atoms with E-state index in [0.717, 1.165) is 50.0 Å². The largest absolute Gasteiger partial charge is 0.367 e. The molecule has 1 aromatic heterocycles. The molecule has 5 heteroatoms. The number of amides is 1. The Morgan fingerprint density at radius 3 is 2.70 bits per heavy atom. The van der Waals surface area contributed by atoms with Crippen molar-refractivity contribution in [1.29, 1.82) is 0 Å². The van der Waals surface area contributed by atoms with Gasteiger partial charge in [-0.3, -0.25) is 9.59 Å². The first-order chi connectivity index (χ1) is 13.0. The van der Waals surface area contributed by atoms with E-state index >= 15 is 0 Å². The minimum Gasteiger partial charge on any atom is -0.367 e. The Morgan fingerprint density at radius 2 is 1.93 bits per heavy atom. The number of fused-ring (bicyclic) bond motifs is 1. The number of benzene rings is 1. The van der Waals surface area contributed by atoms with Gasteiger partial charge in [-0.05, 0) is 62.8 Å². The second-order valence-electron chi connectivity index (χ2n) is 7.80. The Balaban J connectivity index is 1.54. The van der Waals surface area contributed by atoms with Crippen LogP contribution in [-0.4, -0.2) is 41.5 Å². The predicted octanol–water partition coefficient (Wildman–Crippen LogP) is 2.91. The van der Waals surface area contributed by atoms with Crippen LogP contribution in [0.3, 0.4) is 0 Å². The minimum absolute atomic E-state index is 0.0567. The molecule has 2 heterocycles. The molecule has 1 atom stereocenters. The zero-order valence-electron chi connectivity index (χ0n) is 16.1. The van der Waals surface area contributed by atoms with Crippen LogP contribution in [0.2, 0.25) is 0 Å². The third kappa shape index (κ3) is 3.38. The number of nitrogens with one attached hydrogen (secondary N) is 1. The number of carbonyl (C=O) groups is 1. The number of carbonyl (C=O) groups excluding carboxylic acids is 1. The van der Waals surface area contributed by atoms with Gasteiger partial charge in [0.2, 0.25) is 0 Å². The normalized spacial score (nSPS) is 19.7. The maximum atomic E-state index is 13.1. The van der Waals surface area contributed by atoms with Crippen LogP contribution in [0.15, 0.2) is 35.1 Å². The van der Waals surface area contributed by atoms with Crippen molar-refractivity contribution in [1.82, 2.24) is 9.88 Å². The third-order valence-corrected chi connectivity index (χ3v) is 5.91. The molecular formula is C22H27N3O2. The van der Waals surface area contributed by atoms with Gasteiger partial charge in [-0.15, -0.1) is 0 Å². The zero-order valence-corrected chi connectivity index (χ0v) is 16.1. The Kier molecular flexibility index (Phi) is 4.77.